The van der Waals surface area contributed by atoms with E-state index in [0.717, 1.165) is 6.42 Å². The summed E-state index contributed by atoms with van der Waals surface area (Å²) in [5.41, 5.74) is 2.27. The number of nitrogens with one attached hydrogen (secondary N) is 1. The molecule has 0 aliphatic heterocycles. The third kappa shape index (κ3) is 5.32. The number of rotatable bonds is 7. The Morgan fingerprint density at radius 3 is 2.60 bits per heavy atom. The molecule has 0 radical (unpaired) electrons. The Kier molecular flexibility index (Phi) is 7.01. The quantitative estimate of drug-likeness (QED) is 0.596. The number of hydrogen-bond acceptors (Lipinski definition) is 5. The molecule has 1 aromatic heterocycles. The van der Waals surface area contributed by atoms with Crippen LogP contribution in [-0.2, 0) is 9.53 Å². The van der Waals surface area contributed by atoms with E-state index in [1.165, 1.54) is 17.3 Å². The number of benzene rings is 1. The zero-order chi connectivity index (χ0) is 18.2. The second-order valence-corrected chi connectivity index (χ2v) is 6.41. The molecule has 1 aromatic carbocycles. The van der Waals surface area contributed by atoms with E-state index >= 15 is 0 Å². The minimum Gasteiger partial charge on any atom is -0.452 e. The van der Waals surface area contributed by atoms with Gasteiger partial charge < -0.3 is 10.1 Å². The molecule has 2 aromatic rings. The van der Waals surface area contributed by atoms with Gasteiger partial charge in [-0.15, -0.1) is 11.8 Å². The highest BCUT2D eigenvalue weighted by molar-refractivity contribution is 7.98. The molecule has 2 rings (SSSR count). The van der Waals surface area contributed by atoms with Crippen molar-refractivity contribution in [3.63, 3.8) is 0 Å². The van der Waals surface area contributed by atoms with Crippen LogP contribution in [0.15, 0.2) is 47.6 Å². The van der Waals surface area contributed by atoms with Gasteiger partial charge in [-0.25, -0.2) is 9.78 Å². The van der Waals surface area contributed by atoms with E-state index in [2.05, 4.69) is 24.1 Å². The lowest BCUT2D eigenvalue weighted by Gasteiger charge is -2.11. The molecule has 1 N–H and O–H groups in total. The molecule has 0 saturated carbocycles. The molecule has 1 heterocycles. The van der Waals surface area contributed by atoms with Crippen molar-refractivity contribution in [2.24, 2.45) is 0 Å². The van der Waals surface area contributed by atoms with E-state index < -0.39 is 5.97 Å². The van der Waals surface area contributed by atoms with Crippen molar-refractivity contribution in [3.05, 3.63) is 53.7 Å². The highest BCUT2D eigenvalue weighted by atomic mass is 32.2. The van der Waals surface area contributed by atoms with Gasteiger partial charge in [0.1, 0.15) is 5.03 Å². The maximum absolute atomic E-state index is 12.1. The predicted molar refractivity (Wildman–Crippen MR) is 100 cm³/mol. The summed E-state index contributed by atoms with van der Waals surface area (Å²) in [7, 11) is 0. The first-order valence-corrected chi connectivity index (χ1v) is 9.33. The number of esters is 1. The molecule has 6 heteroatoms. The van der Waals surface area contributed by atoms with Crippen LogP contribution < -0.4 is 5.32 Å². The van der Waals surface area contributed by atoms with E-state index in [4.69, 9.17) is 4.74 Å². The summed E-state index contributed by atoms with van der Waals surface area (Å²) in [4.78, 5) is 28.2. The van der Waals surface area contributed by atoms with E-state index in [1.54, 1.807) is 18.3 Å². The first-order valence-electron chi connectivity index (χ1n) is 8.11. The van der Waals surface area contributed by atoms with E-state index in [1.807, 2.05) is 30.5 Å². The number of carbonyl (C=O) groups is 2. The third-order valence-electron chi connectivity index (χ3n) is 3.89. The number of aromatic nitrogens is 1. The molecule has 1 atom stereocenters. The number of ether oxygens (including phenoxy) is 1. The fraction of sp³-hybridized carbons (Fsp3) is 0.316. The molecule has 0 unspecified atom stereocenters. The summed E-state index contributed by atoms with van der Waals surface area (Å²) in [5, 5.41) is 3.30. The summed E-state index contributed by atoms with van der Waals surface area (Å²) in [6, 6.07) is 11.0. The Morgan fingerprint density at radius 2 is 1.96 bits per heavy atom. The zero-order valence-electron chi connectivity index (χ0n) is 14.6. The molecular weight excluding hydrogens is 336 g/mol. The molecule has 0 aliphatic rings. The molecule has 132 valence electrons. The molecule has 5 nitrogen and oxygen atoms in total. The van der Waals surface area contributed by atoms with Crippen LogP contribution in [0.2, 0.25) is 0 Å². The summed E-state index contributed by atoms with van der Waals surface area (Å²) >= 11 is 1.35. The van der Waals surface area contributed by atoms with Gasteiger partial charge in [-0.2, -0.15) is 0 Å². The number of nitrogens with zero attached hydrogens (tertiary/aromatic N) is 1. The van der Waals surface area contributed by atoms with Crippen LogP contribution in [0.5, 0.6) is 0 Å². The topological polar surface area (TPSA) is 68.3 Å². The van der Waals surface area contributed by atoms with Crippen LogP contribution >= 0.6 is 11.8 Å². The lowest BCUT2D eigenvalue weighted by Crippen LogP contribution is -2.21. The Hall–Kier alpha value is -2.34. The number of hydrogen-bond donors (Lipinski definition) is 1. The van der Waals surface area contributed by atoms with Crippen molar-refractivity contribution >= 4 is 29.3 Å². The highest BCUT2D eigenvalue weighted by Gasteiger charge is 2.15. The first-order chi connectivity index (χ1) is 12.0. The number of thioether (sulfide) groups is 1. The molecule has 0 bridgehead atoms. The lowest BCUT2D eigenvalue weighted by molar-refractivity contribution is -0.119. The molecule has 0 fully saturated rings. The molecule has 0 saturated heterocycles. The Labute approximate surface area is 152 Å². The van der Waals surface area contributed by atoms with Gasteiger partial charge in [-0.3, -0.25) is 4.79 Å². The maximum atomic E-state index is 12.1. The number of carbonyl (C=O) groups excluding carboxylic acids is 2. The van der Waals surface area contributed by atoms with E-state index in [0.29, 0.717) is 22.2 Å². The summed E-state index contributed by atoms with van der Waals surface area (Å²) in [6.07, 6.45) is 4.50. The van der Waals surface area contributed by atoms with Crippen molar-refractivity contribution in [2.75, 3.05) is 18.2 Å². The fourth-order valence-corrected chi connectivity index (χ4v) is 2.78. The summed E-state index contributed by atoms with van der Waals surface area (Å²) < 4.78 is 5.08. The average Bonchev–Trinajstić information content (AvgIpc) is 2.66. The third-order valence-corrected chi connectivity index (χ3v) is 4.61. The monoisotopic (exact) mass is 358 g/mol. The van der Waals surface area contributed by atoms with Crippen LogP contribution in [0.1, 0.15) is 42.1 Å². The standard InChI is InChI=1S/C19H22N2O3S/c1-4-13(2)14-7-9-15(10-8-14)21-17(22)12-24-19(23)16-6-5-11-20-18(16)25-3/h5-11,13H,4,12H2,1-3H3,(H,21,22)/t13-/m1/s1. The van der Waals surface area contributed by atoms with Gasteiger partial charge >= 0.3 is 5.97 Å². The van der Waals surface area contributed by atoms with Crippen molar-refractivity contribution < 1.29 is 14.3 Å². The Bertz CT molecular complexity index is 732. The van der Waals surface area contributed by atoms with Gasteiger partial charge in [0.15, 0.2) is 6.61 Å². The maximum Gasteiger partial charge on any atom is 0.341 e. The normalized spacial score (nSPS) is 11.6. The van der Waals surface area contributed by atoms with Crippen molar-refractivity contribution in [1.29, 1.82) is 0 Å². The van der Waals surface area contributed by atoms with Gasteiger partial charge in [0.25, 0.3) is 5.91 Å². The van der Waals surface area contributed by atoms with Gasteiger partial charge in [0.05, 0.1) is 5.56 Å². The van der Waals surface area contributed by atoms with E-state index in [9.17, 15) is 9.59 Å². The first kappa shape index (κ1) is 19.0. The van der Waals surface area contributed by atoms with Crippen LogP contribution in [0.25, 0.3) is 0 Å². The van der Waals surface area contributed by atoms with E-state index in [-0.39, 0.29) is 12.5 Å². The highest BCUT2D eigenvalue weighted by Crippen LogP contribution is 2.20. The smallest absolute Gasteiger partial charge is 0.341 e. The van der Waals surface area contributed by atoms with Crippen LogP contribution in [0.4, 0.5) is 5.69 Å². The number of amides is 1. The number of anilines is 1. The molecule has 0 aliphatic carbocycles. The number of pyridine rings is 1. The zero-order valence-corrected chi connectivity index (χ0v) is 15.4. The SMILES string of the molecule is CC[C@@H](C)c1ccc(NC(=O)COC(=O)c2cccnc2SC)cc1. The van der Waals surface area contributed by atoms with Gasteiger partial charge in [-0.05, 0) is 48.4 Å². The van der Waals surface area contributed by atoms with Gasteiger partial charge in [-0.1, -0.05) is 26.0 Å². The molecule has 1 amide bonds. The van der Waals surface area contributed by atoms with Gasteiger partial charge in [0.2, 0.25) is 0 Å². The second-order valence-electron chi connectivity index (χ2n) is 5.62. The van der Waals surface area contributed by atoms with Gasteiger partial charge in [0, 0.05) is 11.9 Å². The fourth-order valence-electron chi connectivity index (χ4n) is 2.25. The Balaban J connectivity index is 1.89. The second kappa shape index (κ2) is 9.22. The van der Waals surface area contributed by atoms with Crippen molar-refractivity contribution in [2.45, 2.75) is 31.2 Å². The lowest BCUT2D eigenvalue weighted by atomic mass is 9.99. The Morgan fingerprint density at radius 1 is 1.24 bits per heavy atom. The van der Waals surface area contributed by atoms with Crippen LogP contribution in [0.3, 0.4) is 0 Å². The van der Waals surface area contributed by atoms with Crippen molar-refractivity contribution in [3.8, 4) is 0 Å². The molecule has 0 spiro atoms. The average molecular weight is 358 g/mol. The summed E-state index contributed by atoms with van der Waals surface area (Å²) in [5.74, 6) is -0.449. The summed E-state index contributed by atoms with van der Waals surface area (Å²) in [6.45, 7) is 3.96. The largest absolute Gasteiger partial charge is 0.452 e. The van der Waals surface area contributed by atoms with Crippen LogP contribution in [0, 0.1) is 0 Å². The predicted octanol–water partition coefficient (Wildman–Crippen LogP) is 4.11. The molecule has 25 heavy (non-hydrogen) atoms. The molecular formula is C19H22N2O3S. The van der Waals surface area contributed by atoms with Crippen molar-refractivity contribution in [1.82, 2.24) is 4.98 Å². The minimum absolute atomic E-state index is 0.339. The van der Waals surface area contributed by atoms with Crippen LogP contribution in [-0.4, -0.2) is 29.7 Å². The minimum atomic E-state index is -0.556.